The molecule has 0 aromatic carbocycles. The van der Waals surface area contributed by atoms with E-state index in [-0.39, 0.29) is 24.8 Å². The monoisotopic (exact) mass is 352 g/mol. The van der Waals surface area contributed by atoms with Crippen LogP contribution < -0.4 is 5.32 Å². The van der Waals surface area contributed by atoms with Crippen molar-refractivity contribution in [3.63, 3.8) is 0 Å². The molecule has 2 aromatic rings. The van der Waals surface area contributed by atoms with Crippen LogP contribution in [0.5, 0.6) is 0 Å². The lowest BCUT2D eigenvalue weighted by Crippen LogP contribution is -2.35. The zero-order valence-electron chi connectivity index (χ0n) is 13.2. The number of halogens is 3. The number of likely N-dealkylation sites (N-methyl/N-ethyl adjacent to an activating group) is 1. The van der Waals surface area contributed by atoms with Gasteiger partial charge in [0.25, 0.3) is 0 Å². The highest BCUT2D eigenvalue weighted by atomic mass is 19.4. The molecule has 6 nitrogen and oxygen atoms in total. The molecule has 132 valence electrons. The van der Waals surface area contributed by atoms with Crippen molar-refractivity contribution in [1.29, 1.82) is 0 Å². The van der Waals surface area contributed by atoms with Crippen molar-refractivity contribution in [1.82, 2.24) is 19.6 Å². The highest BCUT2D eigenvalue weighted by molar-refractivity contribution is 5.80. The van der Waals surface area contributed by atoms with Crippen LogP contribution in [0.25, 0.3) is 5.65 Å². The Hall–Kier alpha value is -2.97. The number of rotatable bonds is 4. The van der Waals surface area contributed by atoms with E-state index in [1.807, 2.05) is 18.2 Å². The molecule has 3 rings (SSSR count). The van der Waals surface area contributed by atoms with E-state index >= 15 is 0 Å². The second-order valence-corrected chi connectivity index (χ2v) is 5.50. The Bertz CT molecular complexity index is 854. The summed E-state index contributed by atoms with van der Waals surface area (Å²) in [6.45, 7) is 0.100. The minimum absolute atomic E-state index is 0.100. The summed E-state index contributed by atoms with van der Waals surface area (Å²) in [5.74, 6) is -0.594. The first kappa shape index (κ1) is 16.9. The van der Waals surface area contributed by atoms with Crippen LogP contribution in [0.2, 0.25) is 0 Å². The van der Waals surface area contributed by atoms with Crippen molar-refractivity contribution in [2.24, 2.45) is 0 Å². The summed E-state index contributed by atoms with van der Waals surface area (Å²) in [5.41, 5.74) is 1.98. The van der Waals surface area contributed by atoms with E-state index in [9.17, 15) is 18.0 Å². The van der Waals surface area contributed by atoms with E-state index in [1.165, 1.54) is 24.1 Å². The van der Waals surface area contributed by atoms with Crippen LogP contribution in [0, 0.1) is 0 Å². The Balaban J connectivity index is 1.66. The van der Waals surface area contributed by atoms with Crippen LogP contribution in [-0.2, 0) is 16.0 Å². The molecule has 0 atom stereocenters. The molecule has 1 aliphatic rings. The lowest BCUT2D eigenvalue weighted by atomic mass is 10.2. The predicted octanol–water partition coefficient (Wildman–Crippen LogP) is 2.20. The van der Waals surface area contributed by atoms with Gasteiger partial charge in [-0.2, -0.15) is 0 Å². The second kappa shape index (κ2) is 6.50. The lowest BCUT2D eigenvalue weighted by molar-refractivity contribution is -0.313. The normalized spacial score (nSPS) is 15.0. The highest BCUT2D eigenvalue weighted by Gasteiger charge is 2.34. The van der Waals surface area contributed by atoms with E-state index < -0.39 is 6.36 Å². The maximum atomic E-state index is 12.3. The Labute approximate surface area is 141 Å². The quantitative estimate of drug-likeness (QED) is 0.917. The van der Waals surface area contributed by atoms with Gasteiger partial charge < -0.3 is 19.4 Å². The summed E-state index contributed by atoms with van der Waals surface area (Å²) in [5, 5.41) is 2.70. The fraction of sp³-hybridized carbons (Fsp3) is 0.250. The molecule has 0 spiro atoms. The Kier molecular flexibility index (Phi) is 4.39. The molecular formula is C16H15F3N4O2. The molecular weight excluding hydrogens is 337 g/mol. The molecule has 1 amide bonds. The number of nitrogens with zero attached hydrogens (tertiary/aromatic N) is 3. The van der Waals surface area contributed by atoms with Crippen molar-refractivity contribution in [3.05, 3.63) is 60.0 Å². The highest BCUT2D eigenvalue weighted by Crippen LogP contribution is 2.24. The number of aromatic nitrogens is 2. The molecule has 0 fully saturated rings. The standard InChI is InChI=1S/C16H15F3N4O2/c1-22-10-11(5-6-15(22)25-16(17,18)19)21-14(24)9-12-3-2-4-13-20-7-8-23(12)13/h2-8H,9-10H2,1H3,(H,21,24). The largest absolute Gasteiger partial charge is 0.574 e. The first-order chi connectivity index (χ1) is 11.8. The van der Waals surface area contributed by atoms with Gasteiger partial charge in [0.1, 0.15) is 5.65 Å². The molecule has 2 aromatic heterocycles. The third-order valence-corrected chi connectivity index (χ3v) is 3.59. The van der Waals surface area contributed by atoms with Crippen molar-refractivity contribution >= 4 is 11.6 Å². The smallest absolute Gasteiger partial charge is 0.390 e. The number of hydrogen-bond acceptors (Lipinski definition) is 4. The summed E-state index contributed by atoms with van der Waals surface area (Å²) >= 11 is 0. The molecule has 0 radical (unpaired) electrons. The van der Waals surface area contributed by atoms with E-state index in [1.54, 1.807) is 16.8 Å². The third-order valence-electron chi connectivity index (χ3n) is 3.59. The van der Waals surface area contributed by atoms with Crippen LogP contribution in [-0.4, -0.2) is 40.1 Å². The molecule has 0 saturated carbocycles. The van der Waals surface area contributed by atoms with Gasteiger partial charge in [-0.1, -0.05) is 6.07 Å². The van der Waals surface area contributed by atoms with Crippen LogP contribution in [0.15, 0.2) is 54.3 Å². The average molecular weight is 352 g/mol. The van der Waals surface area contributed by atoms with Gasteiger partial charge >= 0.3 is 6.36 Å². The van der Waals surface area contributed by atoms with E-state index in [4.69, 9.17) is 0 Å². The van der Waals surface area contributed by atoms with Gasteiger partial charge in [-0.25, -0.2) is 4.98 Å². The summed E-state index contributed by atoms with van der Waals surface area (Å²) in [7, 11) is 1.45. The van der Waals surface area contributed by atoms with Gasteiger partial charge in [-0.3, -0.25) is 4.79 Å². The number of nitrogens with one attached hydrogen (secondary N) is 1. The lowest BCUT2D eigenvalue weighted by Gasteiger charge is -2.27. The van der Waals surface area contributed by atoms with Gasteiger partial charge in [0.2, 0.25) is 5.91 Å². The second-order valence-electron chi connectivity index (χ2n) is 5.50. The van der Waals surface area contributed by atoms with Gasteiger partial charge in [-0.05, 0) is 18.2 Å². The average Bonchev–Trinajstić information content (AvgIpc) is 2.98. The number of imidazole rings is 1. The van der Waals surface area contributed by atoms with Crippen LogP contribution in [0.4, 0.5) is 13.2 Å². The first-order valence-corrected chi connectivity index (χ1v) is 7.40. The molecule has 0 bridgehead atoms. The van der Waals surface area contributed by atoms with Gasteiger partial charge in [0, 0.05) is 36.9 Å². The predicted molar refractivity (Wildman–Crippen MR) is 83.0 cm³/mol. The SMILES string of the molecule is CN1CC(NC(=O)Cc2cccc3nccn23)=CC=C1OC(F)(F)F. The van der Waals surface area contributed by atoms with Gasteiger partial charge in [-0.15, -0.1) is 13.2 Å². The number of carbonyl (C=O) groups excluding carboxylic acids is 1. The molecule has 1 N–H and O–H groups in total. The van der Waals surface area contributed by atoms with Crippen molar-refractivity contribution in [3.8, 4) is 0 Å². The molecule has 9 heteroatoms. The zero-order chi connectivity index (χ0) is 18.0. The van der Waals surface area contributed by atoms with Crippen molar-refractivity contribution < 1.29 is 22.7 Å². The van der Waals surface area contributed by atoms with Gasteiger partial charge in [0.15, 0.2) is 5.88 Å². The molecule has 0 aliphatic carbocycles. The molecule has 0 saturated heterocycles. The number of hydrogen-bond donors (Lipinski definition) is 1. The fourth-order valence-corrected chi connectivity index (χ4v) is 2.54. The summed E-state index contributed by atoms with van der Waals surface area (Å²) < 4.78 is 42.5. The van der Waals surface area contributed by atoms with Crippen LogP contribution in [0.1, 0.15) is 5.69 Å². The number of fused-ring (bicyclic) bond motifs is 1. The topological polar surface area (TPSA) is 58.9 Å². The number of alkyl halides is 3. The fourth-order valence-electron chi connectivity index (χ4n) is 2.54. The van der Waals surface area contributed by atoms with Crippen LogP contribution in [0.3, 0.4) is 0 Å². The van der Waals surface area contributed by atoms with E-state index in [0.29, 0.717) is 5.70 Å². The molecule has 3 heterocycles. The first-order valence-electron chi connectivity index (χ1n) is 7.40. The minimum atomic E-state index is -4.75. The summed E-state index contributed by atoms with van der Waals surface area (Å²) in [6, 6.07) is 5.44. The summed E-state index contributed by atoms with van der Waals surface area (Å²) in [4.78, 5) is 17.6. The number of carbonyl (C=O) groups is 1. The maximum Gasteiger partial charge on any atom is 0.574 e. The van der Waals surface area contributed by atoms with Crippen LogP contribution >= 0.6 is 0 Å². The molecule has 0 unspecified atom stereocenters. The van der Waals surface area contributed by atoms with Gasteiger partial charge in [0.05, 0.1) is 13.0 Å². The zero-order valence-corrected chi connectivity index (χ0v) is 13.2. The van der Waals surface area contributed by atoms with E-state index in [0.717, 1.165) is 11.3 Å². The number of ether oxygens (including phenoxy) is 1. The maximum absolute atomic E-state index is 12.3. The summed E-state index contributed by atoms with van der Waals surface area (Å²) in [6.07, 6.45) is 1.33. The number of amides is 1. The number of allylic oxidation sites excluding steroid dienone is 2. The Morgan fingerprint density at radius 3 is 2.88 bits per heavy atom. The van der Waals surface area contributed by atoms with E-state index in [2.05, 4.69) is 15.0 Å². The van der Waals surface area contributed by atoms with Crippen molar-refractivity contribution in [2.45, 2.75) is 12.8 Å². The Morgan fingerprint density at radius 1 is 1.36 bits per heavy atom. The van der Waals surface area contributed by atoms with Crippen molar-refractivity contribution in [2.75, 3.05) is 13.6 Å². The minimum Gasteiger partial charge on any atom is -0.390 e. The third kappa shape index (κ3) is 4.11. The molecule has 1 aliphatic heterocycles. The Morgan fingerprint density at radius 2 is 2.16 bits per heavy atom. The number of pyridine rings is 1. The molecule has 25 heavy (non-hydrogen) atoms.